The number of amides is 3. The maximum absolute atomic E-state index is 13.2. The monoisotopic (exact) mass is 480 g/mol. The summed E-state index contributed by atoms with van der Waals surface area (Å²) in [6, 6.07) is 10.2. The minimum atomic E-state index is -0.310. The molecule has 3 amide bonds. The molecule has 0 spiro atoms. The first-order valence-electron chi connectivity index (χ1n) is 12.1. The van der Waals surface area contributed by atoms with E-state index in [0.717, 1.165) is 39.0 Å². The number of urea groups is 1. The van der Waals surface area contributed by atoms with Crippen molar-refractivity contribution < 1.29 is 23.7 Å². The number of imidazole rings is 1. The number of hydrogen-bond donors (Lipinski definition) is 2. The summed E-state index contributed by atoms with van der Waals surface area (Å²) in [5.74, 6) is 1.30. The summed E-state index contributed by atoms with van der Waals surface area (Å²) in [5.41, 5.74) is 5.81. The zero-order chi connectivity index (χ0) is 24.5. The van der Waals surface area contributed by atoms with Crippen LogP contribution in [0.3, 0.4) is 0 Å². The number of ether oxygens (including phenoxy) is 1. The SMILES string of the molecule is CC(=O)Nc1[nH]c2cc(-c3cc(C)c4c(c3)CN(C(=O)N3CCC(CF)CC3)CCO4)ccc2[nH+]1. The lowest BCUT2D eigenvalue weighted by Crippen LogP contribution is -2.47. The molecule has 5 rings (SSSR count). The lowest BCUT2D eigenvalue weighted by Gasteiger charge is -2.34. The fraction of sp³-hybridized carbons (Fsp3) is 0.423. The Morgan fingerprint density at radius 1 is 1.14 bits per heavy atom. The Kier molecular flexibility index (Phi) is 6.32. The van der Waals surface area contributed by atoms with E-state index in [1.54, 1.807) is 0 Å². The van der Waals surface area contributed by atoms with Crippen LogP contribution in [0.4, 0.5) is 15.1 Å². The number of alkyl halides is 1. The highest BCUT2D eigenvalue weighted by Gasteiger charge is 2.28. The van der Waals surface area contributed by atoms with Crippen molar-refractivity contribution in [3.63, 3.8) is 0 Å². The van der Waals surface area contributed by atoms with Crippen LogP contribution in [0.25, 0.3) is 22.2 Å². The van der Waals surface area contributed by atoms with Gasteiger partial charge in [-0.15, -0.1) is 0 Å². The fourth-order valence-electron chi connectivity index (χ4n) is 5.00. The minimum absolute atomic E-state index is 0.00402. The van der Waals surface area contributed by atoms with Crippen LogP contribution in [0.5, 0.6) is 5.75 Å². The van der Waals surface area contributed by atoms with E-state index in [-0.39, 0.29) is 24.5 Å². The number of halogens is 1. The van der Waals surface area contributed by atoms with Gasteiger partial charge in [0, 0.05) is 25.6 Å². The van der Waals surface area contributed by atoms with Gasteiger partial charge >= 0.3 is 12.0 Å². The Hall–Kier alpha value is -3.62. The Bertz CT molecular complexity index is 1270. The minimum Gasteiger partial charge on any atom is -0.491 e. The molecule has 0 saturated carbocycles. The molecule has 35 heavy (non-hydrogen) atoms. The molecule has 0 aliphatic carbocycles. The Morgan fingerprint density at radius 3 is 2.69 bits per heavy atom. The zero-order valence-corrected chi connectivity index (χ0v) is 20.1. The molecule has 9 heteroatoms. The van der Waals surface area contributed by atoms with Crippen molar-refractivity contribution >= 4 is 28.9 Å². The molecule has 0 bridgehead atoms. The van der Waals surface area contributed by atoms with Gasteiger partial charge in [-0.25, -0.2) is 20.1 Å². The number of aromatic nitrogens is 2. The summed E-state index contributed by atoms with van der Waals surface area (Å²) in [5, 5.41) is 2.73. The molecule has 3 heterocycles. The van der Waals surface area contributed by atoms with Gasteiger partial charge in [0.1, 0.15) is 23.4 Å². The average Bonchev–Trinajstić information content (AvgIpc) is 3.11. The van der Waals surface area contributed by atoms with Crippen LogP contribution in [-0.2, 0) is 11.3 Å². The number of anilines is 1. The first-order chi connectivity index (χ1) is 16.9. The molecule has 1 aromatic heterocycles. The molecular weight excluding hydrogens is 449 g/mol. The van der Waals surface area contributed by atoms with Crippen molar-refractivity contribution in [3.05, 3.63) is 41.5 Å². The smallest absolute Gasteiger partial charge is 0.360 e. The number of carbonyl (C=O) groups excluding carboxylic acids is 2. The number of nitrogens with one attached hydrogen (secondary N) is 3. The van der Waals surface area contributed by atoms with Crippen LogP contribution in [-0.4, -0.2) is 59.6 Å². The highest BCUT2D eigenvalue weighted by Crippen LogP contribution is 2.34. The van der Waals surface area contributed by atoms with Gasteiger partial charge in [0.05, 0.1) is 19.8 Å². The number of aryl methyl sites for hydroxylation is 1. The van der Waals surface area contributed by atoms with E-state index in [1.165, 1.54) is 6.92 Å². The second-order valence-corrected chi connectivity index (χ2v) is 9.49. The second-order valence-electron chi connectivity index (χ2n) is 9.49. The van der Waals surface area contributed by atoms with Gasteiger partial charge < -0.3 is 14.5 Å². The molecule has 2 aliphatic rings. The topological polar surface area (TPSA) is 91.8 Å². The van der Waals surface area contributed by atoms with Gasteiger partial charge in [0.2, 0.25) is 0 Å². The molecule has 0 atom stereocenters. The van der Waals surface area contributed by atoms with Crippen molar-refractivity contribution in [2.75, 3.05) is 38.2 Å². The summed E-state index contributed by atoms with van der Waals surface area (Å²) in [7, 11) is 0. The van der Waals surface area contributed by atoms with Crippen molar-refractivity contribution in [1.82, 2.24) is 14.8 Å². The fourth-order valence-corrected chi connectivity index (χ4v) is 5.00. The number of likely N-dealkylation sites (tertiary alicyclic amines) is 1. The normalized spacial score (nSPS) is 16.5. The lowest BCUT2D eigenvalue weighted by molar-refractivity contribution is -0.326. The van der Waals surface area contributed by atoms with Crippen molar-refractivity contribution in [2.24, 2.45) is 5.92 Å². The molecular formula is C26H31FN5O3+. The summed E-state index contributed by atoms with van der Waals surface area (Å²) in [6.45, 7) is 5.81. The number of carbonyl (C=O) groups is 2. The second kappa shape index (κ2) is 9.56. The van der Waals surface area contributed by atoms with Crippen LogP contribution in [0.2, 0.25) is 0 Å². The van der Waals surface area contributed by atoms with Crippen LogP contribution in [0, 0.1) is 12.8 Å². The Balaban J connectivity index is 1.40. The summed E-state index contributed by atoms with van der Waals surface area (Å²) >= 11 is 0. The first-order valence-corrected chi connectivity index (χ1v) is 12.1. The number of piperidine rings is 1. The van der Waals surface area contributed by atoms with E-state index < -0.39 is 0 Å². The first kappa shape index (κ1) is 23.1. The predicted octanol–water partition coefficient (Wildman–Crippen LogP) is 3.91. The number of rotatable bonds is 3. The molecule has 0 radical (unpaired) electrons. The Morgan fingerprint density at radius 2 is 1.94 bits per heavy atom. The molecule has 1 saturated heterocycles. The molecule has 3 aromatic rings. The molecule has 184 valence electrons. The van der Waals surface area contributed by atoms with Gasteiger partial charge in [-0.2, -0.15) is 0 Å². The highest BCUT2D eigenvalue weighted by molar-refractivity contribution is 5.88. The maximum Gasteiger partial charge on any atom is 0.360 e. The third-order valence-corrected chi connectivity index (χ3v) is 6.87. The molecule has 8 nitrogen and oxygen atoms in total. The van der Waals surface area contributed by atoms with Gasteiger partial charge in [-0.1, -0.05) is 6.07 Å². The van der Waals surface area contributed by atoms with E-state index in [4.69, 9.17) is 4.74 Å². The number of nitrogens with zero attached hydrogens (tertiary/aromatic N) is 2. The van der Waals surface area contributed by atoms with E-state index in [0.29, 0.717) is 51.6 Å². The van der Waals surface area contributed by atoms with Crippen molar-refractivity contribution in [2.45, 2.75) is 33.2 Å². The van der Waals surface area contributed by atoms with Crippen LogP contribution in [0.1, 0.15) is 30.9 Å². The molecule has 2 aromatic carbocycles. The number of H-pyrrole nitrogens is 2. The average molecular weight is 481 g/mol. The number of aromatic amines is 2. The predicted molar refractivity (Wildman–Crippen MR) is 131 cm³/mol. The highest BCUT2D eigenvalue weighted by atomic mass is 19.1. The maximum atomic E-state index is 13.2. The van der Waals surface area contributed by atoms with E-state index in [9.17, 15) is 14.0 Å². The number of benzene rings is 2. The van der Waals surface area contributed by atoms with Gasteiger partial charge in [-0.05, 0) is 66.6 Å². The number of hydrogen-bond acceptors (Lipinski definition) is 3. The van der Waals surface area contributed by atoms with Crippen molar-refractivity contribution in [3.8, 4) is 16.9 Å². The van der Waals surface area contributed by atoms with Gasteiger partial charge in [-0.3, -0.25) is 9.18 Å². The van der Waals surface area contributed by atoms with Crippen LogP contribution < -0.4 is 15.0 Å². The largest absolute Gasteiger partial charge is 0.491 e. The van der Waals surface area contributed by atoms with E-state index in [1.807, 2.05) is 34.9 Å². The third-order valence-electron chi connectivity index (χ3n) is 6.87. The quantitative estimate of drug-likeness (QED) is 0.595. The molecule has 0 unspecified atom stereocenters. The van der Waals surface area contributed by atoms with Crippen LogP contribution in [0.15, 0.2) is 30.3 Å². The third kappa shape index (κ3) is 4.80. The molecule has 1 fully saturated rings. The van der Waals surface area contributed by atoms with Gasteiger partial charge in [0.25, 0.3) is 5.91 Å². The summed E-state index contributed by atoms with van der Waals surface area (Å²) in [6.07, 6.45) is 1.43. The molecule has 3 N–H and O–H groups in total. The standard InChI is InChI=1S/C26H30FN5O3/c1-16-11-20(19-3-4-22-23(13-19)30-25(29-22)28-17(2)33)12-21-15-32(9-10-35-24(16)21)26(34)31-7-5-18(14-27)6-8-31/h3-4,11-13,18H,5-10,14-15H2,1-2H3,(H2,28,29,30,33)/p+1. The summed E-state index contributed by atoms with van der Waals surface area (Å²) < 4.78 is 19.1. The lowest BCUT2D eigenvalue weighted by atomic mass is 9.98. The van der Waals surface area contributed by atoms with Crippen molar-refractivity contribution in [1.29, 1.82) is 0 Å². The Labute approximate surface area is 203 Å². The van der Waals surface area contributed by atoms with E-state index in [2.05, 4.69) is 27.4 Å². The van der Waals surface area contributed by atoms with Gasteiger partial charge in [0.15, 0.2) is 0 Å². The number of fused-ring (bicyclic) bond motifs is 2. The zero-order valence-electron chi connectivity index (χ0n) is 20.1. The summed E-state index contributed by atoms with van der Waals surface area (Å²) in [4.78, 5) is 34.6. The van der Waals surface area contributed by atoms with E-state index >= 15 is 0 Å². The van der Waals surface area contributed by atoms with Crippen LogP contribution >= 0.6 is 0 Å². The molecule has 2 aliphatic heterocycles.